The molecule has 3 amide bonds. The van der Waals surface area contributed by atoms with Crippen LogP contribution in [-0.2, 0) is 14.4 Å². The number of nitrogens with zero attached hydrogens (tertiary/aromatic N) is 2. The van der Waals surface area contributed by atoms with Gasteiger partial charge in [-0.3, -0.25) is 14.4 Å². The van der Waals surface area contributed by atoms with Crippen molar-refractivity contribution < 1.29 is 14.4 Å². The summed E-state index contributed by atoms with van der Waals surface area (Å²) in [6, 6.07) is 9.35. The molecule has 1 N–H and O–H groups in total. The summed E-state index contributed by atoms with van der Waals surface area (Å²) in [5, 5.41) is 2.91. The number of nitrogens with one attached hydrogen (secondary N) is 1. The van der Waals surface area contributed by atoms with Gasteiger partial charge in [0.05, 0.1) is 30.3 Å². The van der Waals surface area contributed by atoms with Gasteiger partial charge in [0.2, 0.25) is 17.7 Å². The van der Waals surface area contributed by atoms with Crippen molar-refractivity contribution in [3.05, 3.63) is 35.9 Å². The molecular weight excluding hydrogens is 350 g/mol. The third-order valence-electron chi connectivity index (χ3n) is 5.09. The fourth-order valence-corrected chi connectivity index (χ4v) is 4.47. The Kier molecular flexibility index (Phi) is 5.86. The molecule has 0 saturated carbocycles. The van der Waals surface area contributed by atoms with Crippen molar-refractivity contribution in [3.8, 4) is 0 Å². The second-order valence-electron chi connectivity index (χ2n) is 6.75. The van der Waals surface area contributed by atoms with Crippen LogP contribution in [0.2, 0.25) is 0 Å². The SMILES string of the molecule is CCNC(=O)[C@@H]1C[C@@H]2CN(C(=O)CSC)CC(=O)N2[C@@H]1c1ccccc1. The van der Waals surface area contributed by atoms with E-state index >= 15 is 0 Å². The smallest absolute Gasteiger partial charge is 0.243 e. The zero-order valence-electron chi connectivity index (χ0n) is 15.2. The number of carbonyl (C=O) groups excluding carboxylic acids is 3. The first-order valence-electron chi connectivity index (χ1n) is 8.97. The lowest BCUT2D eigenvalue weighted by Gasteiger charge is -2.40. The third kappa shape index (κ3) is 3.58. The van der Waals surface area contributed by atoms with E-state index in [9.17, 15) is 14.4 Å². The first-order chi connectivity index (χ1) is 12.6. The molecule has 0 spiro atoms. The van der Waals surface area contributed by atoms with Gasteiger partial charge < -0.3 is 15.1 Å². The summed E-state index contributed by atoms with van der Waals surface area (Å²) in [7, 11) is 0. The molecule has 2 saturated heterocycles. The molecule has 0 unspecified atom stereocenters. The van der Waals surface area contributed by atoms with Crippen LogP contribution in [0.3, 0.4) is 0 Å². The summed E-state index contributed by atoms with van der Waals surface area (Å²) in [6.45, 7) is 3.06. The van der Waals surface area contributed by atoms with Gasteiger partial charge in [-0.05, 0) is 25.2 Å². The molecule has 2 aliphatic heterocycles. The lowest BCUT2D eigenvalue weighted by molar-refractivity contribution is -0.148. The molecule has 140 valence electrons. The second kappa shape index (κ2) is 8.12. The van der Waals surface area contributed by atoms with Crippen molar-refractivity contribution in [2.75, 3.05) is 31.6 Å². The van der Waals surface area contributed by atoms with Gasteiger partial charge in [-0.15, -0.1) is 0 Å². The first kappa shape index (κ1) is 18.8. The van der Waals surface area contributed by atoms with Crippen LogP contribution in [0.1, 0.15) is 24.9 Å². The van der Waals surface area contributed by atoms with Gasteiger partial charge in [0.15, 0.2) is 0 Å². The number of piperazine rings is 1. The predicted molar refractivity (Wildman–Crippen MR) is 102 cm³/mol. The van der Waals surface area contributed by atoms with Gasteiger partial charge in [-0.2, -0.15) is 11.8 Å². The van der Waals surface area contributed by atoms with Crippen molar-refractivity contribution in [3.63, 3.8) is 0 Å². The molecule has 1 aromatic rings. The van der Waals surface area contributed by atoms with Crippen LogP contribution < -0.4 is 5.32 Å². The van der Waals surface area contributed by atoms with Crippen molar-refractivity contribution in [2.45, 2.75) is 25.4 Å². The molecule has 26 heavy (non-hydrogen) atoms. The van der Waals surface area contributed by atoms with E-state index in [0.717, 1.165) is 5.56 Å². The summed E-state index contributed by atoms with van der Waals surface area (Å²) in [6.07, 6.45) is 2.46. The van der Waals surface area contributed by atoms with Gasteiger partial charge in [0.1, 0.15) is 0 Å². The minimum absolute atomic E-state index is 0.0109. The van der Waals surface area contributed by atoms with Crippen LogP contribution in [-0.4, -0.2) is 65.2 Å². The largest absolute Gasteiger partial charge is 0.356 e. The van der Waals surface area contributed by atoms with E-state index < -0.39 is 0 Å². The third-order valence-corrected chi connectivity index (χ3v) is 5.63. The Morgan fingerprint density at radius 2 is 2.00 bits per heavy atom. The monoisotopic (exact) mass is 375 g/mol. The van der Waals surface area contributed by atoms with Crippen LogP contribution in [0, 0.1) is 5.92 Å². The van der Waals surface area contributed by atoms with Gasteiger partial charge >= 0.3 is 0 Å². The fraction of sp³-hybridized carbons (Fsp3) is 0.526. The Balaban J connectivity index is 1.89. The lowest BCUT2D eigenvalue weighted by Crippen LogP contribution is -2.56. The summed E-state index contributed by atoms with van der Waals surface area (Å²) < 4.78 is 0. The van der Waals surface area contributed by atoms with Crippen LogP contribution in [0.5, 0.6) is 0 Å². The highest BCUT2D eigenvalue weighted by Gasteiger charge is 2.50. The highest BCUT2D eigenvalue weighted by Crippen LogP contribution is 2.43. The van der Waals surface area contributed by atoms with Gasteiger partial charge in [-0.25, -0.2) is 0 Å². The maximum atomic E-state index is 12.9. The number of thioether (sulfide) groups is 1. The second-order valence-corrected chi connectivity index (χ2v) is 7.62. The molecule has 0 aliphatic carbocycles. The van der Waals surface area contributed by atoms with Crippen molar-refractivity contribution in [1.82, 2.24) is 15.1 Å². The molecule has 0 radical (unpaired) electrons. The Labute approximate surface area is 158 Å². The Hall–Kier alpha value is -2.02. The maximum absolute atomic E-state index is 12.9. The zero-order chi connectivity index (χ0) is 18.7. The Morgan fingerprint density at radius 1 is 1.27 bits per heavy atom. The van der Waals surface area contributed by atoms with E-state index in [4.69, 9.17) is 0 Å². The Morgan fingerprint density at radius 3 is 2.65 bits per heavy atom. The van der Waals surface area contributed by atoms with Crippen molar-refractivity contribution >= 4 is 29.5 Å². The molecule has 0 aromatic heterocycles. The summed E-state index contributed by atoms with van der Waals surface area (Å²) in [5.41, 5.74) is 0.975. The zero-order valence-corrected chi connectivity index (χ0v) is 16.0. The number of benzene rings is 1. The molecule has 2 aliphatic rings. The van der Waals surface area contributed by atoms with Crippen molar-refractivity contribution in [2.24, 2.45) is 5.92 Å². The highest BCUT2D eigenvalue weighted by atomic mass is 32.2. The number of carbonyl (C=O) groups is 3. The summed E-state index contributed by atoms with van der Waals surface area (Å²) >= 11 is 1.46. The van der Waals surface area contributed by atoms with Gasteiger partial charge in [0, 0.05) is 13.1 Å². The van der Waals surface area contributed by atoms with E-state index in [1.165, 1.54) is 11.8 Å². The average Bonchev–Trinajstić information content (AvgIpc) is 3.03. The molecule has 3 atom stereocenters. The molecule has 2 fully saturated rings. The van der Waals surface area contributed by atoms with Crippen LogP contribution >= 0.6 is 11.8 Å². The number of fused-ring (bicyclic) bond motifs is 1. The number of hydrogen-bond donors (Lipinski definition) is 1. The normalized spacial score (nSPS) is 25.2. The van der Waals surface area contributed by atoms with Gasteiger partial charge in [0.25, 0.3) is 0 Å². The van der Waals surface area contributed by atoms with Gasteiger partial charge in [-0.1, -0.05) is 30.3 Å². The summed E-state index contributed by atoms with van der Waals surface area (Å²) in [4.78, 5) is 41.3. The van der Waals surface area contributed by atoms with E-state index in [1.807, 2.05) is 48.4 Å². The number of hydrogen-bond acceptors (Lipinski definition) is 4. The van der Waals surface area contributed by atoms with E-state index in [2.05, 4.69) is 5.32 Å². The Bertz CT molecular complexity index is 682. The lowest BCUT2D eigenvalue weighted by atomic mass is 9.92. The summed E-state index contributed by atoms with van der Waals surface area (Å²) in [5.74, 6) is -0.0194. The number of rotatable bonds is 5. The van der Waals surface area contributed by atoms with Crippen molar-refractivity contribution in [1.29, 1.82) is 0 Å². The minimum Gasteiger partial charge on any atom is -0.356 e. The van der Waals surface area contributed by atoms with E-state index in [0.29, 0.717) is 25.3 Å². The van der Waals surface area contributed by atoms with Crippen LogP contribution in [0.25, 0.3) is 0 Å². The quantitative estimate of drug-likeness (QED) is 0.842. The molecule has 1 aromatic carbocycles. The average molecular weight is 375 g/mol. The minimum atomic E-state index is -0.290. The molecule has 6 nitrogen and oxygen atoms in total. The van der Waals surface area contributed by atoms with Crippen LogP contribution in [0.15, 0.2) is 30.3 Å². The maximum Gasteiger partial charge on any atom is 0.243 e. The molecular formula is C19H25N3O3S. The standard InChI is InChI=1S/C19H25N3O3S/c1-3-20-19(25)15-9-14-10-21(17(24)12-26-2)11-16(23)22(14)18(15)13-7-5-4-6-8-13/h4-8,14-15,18H,3,9-12H2,1-2H3,(H,20,25)/t14-,15-,18-/m1/s1. The first-order valence-corrected chi connectivity index (χ1v) is 10.4. The molecule has 2 heterocycles. The fourth-order valence-electron chi connectivity index (χ4n) is 4.05. The van der Waals surface area contributed by atoms with Crippen LogP contribution in [0.4, 0.5) is 0 Å². The van der Waals surface area contributed by atoms with E-state index in [1.54, 1.807) is 4.90 Å². The number of amides is 3. The highest BCUT2D eigenvalue weighted by molar-refractivity contribution is 7.99. The predicted octanol–water partition coefficient (Wildman–Crippen LogP) is 1.29. The topological polar surface area (TPSA) is 69.7 Å². The molecule has 3 rings (SSSR count). The molecule has 7 heteroatoms. The molecule has 0 bridgehead atoms. The van der Waals surface area contributed by atoms with E-state index in [-0.39, 0.29) is 42.3 Å².